The standard InChI is InChI=1S/C21H22N2O/c1-2-13-24-21-10-6-3-7-16(21)14-23-12-11-18-17-8-4-5-9-19(17)22-20(18)15-23/h2-10,22H,1,11-15H2. The molecule has 0 atom stereocenters. The summed E-state index contributed by atoms with van der Waals surface area (Å²) in [7, 11) is 0. The summed E-state index contributed by atoms with van der Waals surface area (Å²) in [6, 6.07) is 16.9. The number of fused-ring (bicyclic) bond motifs is 3. The number of nitrogens with one attached hydrogen (secondary N) is 1. The van der Waals surface area contributed by atoms with E-state index in [4.69, 9.17) is 4.74 Å². The minimum Gasteiger partial charge on any atom is -0.489 e. The summed E-state index contributed by atoms with van der Waals surface area (Å²) in [5.41, 5.74) is 5.32. The monoisotopic (exact) mass is 318 g/mol. The molecule has 0 aliphatic carbocycles. The number of benzene rings is 2. The molecule has 0 radical (unpaired) electrons. The minimum atomic E-state index is 0.545. The van der Waals surface area contributed by atoms with Crippen molar-refractivity contribution in [3.63, 3.8) is 0 Å². The van der Waals surface area contributed by atoms with E-state index in [0.29, 0.717) is 6.61 Å². The summed E-state index contributed by atoms with van der Waals surface area (Å²) in [6.07, 6.45) is 2.88. The Morgan fingerprint density at radius 2 is 1.96 bits per heavy atom. The van der Waals surface area contributed by atoms with Gasteiger partial charge in [-0.1, -0.05) is 49.1 Å². The first-order chi connectivity index (χ1) is 11.8. The third-order valence-electron chi connectivity index (χ3n) is 4.69. The van der Waals surface area contributed by atoms with Gasteiger partial charge in [-0.3, -0.25) is 4.90 Å². The Bertz CT molecular complexity index is 865. The highest BCUT2D eigenvalue weighted by Gasteiger charge is 2.21. The van der Waals surface area contributed by atoms with Gasteiger partial charge in [0.1, 0.15) is 12.4 Å². The zero-order valence-electron chi connectivity index (χ0n) is 13.8. The number of ether oxygens (including phenoxy) is 1. The second kappa shape index (κ2) is 6.54. The second-order valence-electron chi connectivity index (χ2n) is 6.30. The average Bonchev–Trinajstić information content (AvgIpc) is 2.99. The number of aromatic amines is 1. The van der Waals surface area contributed by atoms with Gasteiger partial charge in [-0.25, -0.2) is 0 Å². The summed E-state index contributed by atoms with van der Waals surface area (Å²) in [6.45, 7) is 7.21. The van der Waals surface area contributed by atoms with Crippen molar-refractivity contribution in [2.75, 3.05) is 13.2 Å². The molecule has 122 valence electrons. The Morgan fingerprint density at radius 1 is 1.12 bits per heavy atom. The zero-order valence-corrected chi connectivity index (χ0v) is 13.8. The topological polar surface area (TPSA) is 28.3 Å². The van der Waals surface area contributed by atoms with Gasteiger partial charge in [0.25, 0.3) is 0 Å². The van der Waals surface area contributed by atoms with Gasteiger partial charge < -0.3 is 9.72 Å². The van der Waals surface area contributed by atoms with Gasteiger partial charge in [-0.15, -0.1) is 0 Å². The number of rotatable bonds is 5. The van der Waals surface area contributed by atoms with Gasteiger partial charge in [0, 0.05) is 41.8 Å². The van der Waals surface area contributed by atoms with Crippen LogP contribution in [-0.4, -0.2) is 23.0 Å². The summed E-state index contributed by atoms with van der Waals surface area (Å²) in [4.78, 5) is 6.07. The predicted octanol–water partition coefficient (Wildman–Crippen LogP) is 4.29. The van der Waals surface area contributed by atoms with Crippen LogP contribution in [0.25, 0.3) is 10.9 Å². The lowest BCUT2D eigenvalue weighted by Crippen LogP contribution is -2.30. The largest absolute Gasteiger partial charge is 0.489 e. The Balaban J connectivity index is 1.54. The van der Waals surface area contributed by atoms with Crippen LogP contribution >= 0.6 is 0 Å². The van der Waals surface area contributed by atoms with E-state index < -0.39 is 0 Å². The molecule has 0 bridgehead atoms. The fraction of sp³-hybridized carbons (Fsp3) is 0.238. The molecule has 1 aliphatic heterocycles. The van der Waals surface area contributed by atoms with Crippen LogP contribution in [0.5, 0.6) is 5.75 Å². The van der Waals surface area contributed by atoms with Gasteiger partial charge >= 0.3 is 0 Å². The lowest BCUT2D eigenvalue weighted by atomic mass is 10.0. The van der Waals surface area contributed by atoms with Crippen molar-refractivity contribution in [1.29, 1.82) is 0 Å². The third-order valence-corrected chi connectivity index (χ3v) is 4.69. The van der Waals surface area contributed by atoms with E-state index in [9.17, 15) is 0 Å². The first-order valence-electron chi connectivity index (χ1n) is 8.47. The molecule has 2 heterocycles. The number of hydrogen-bond donors (Lipinski definition) is 1. The molecule has 1 aliphatic rings. The summed E-state index contributed by atoms with van der Waals surface area (Å²) in [5.74, 6) is 0.958. The zero-order chi connectivity index (χ0) is 16.4. The molecule has 0 spiro atoms. The summed E-state index contributed by atoms with van der Waals surface area (Å²) in [5, 5.41) is 1.38. The maximum Gasteiger partial charge on any atom is 0.124 e. The third kappa shape index (κ3) is 2.83. The number of H-pyrrole nitrogens is 1. The number of para-hydroxylation sites is 2. The van der Waals surface area contributed by atoms with Crippen molar-refractivity contribution < 1.29 is 4.74 Å². The van der Waals surface area contributed by atoms with Crippen LogP contribution in [0.4, 0.5) is 0 Å². The van der Waals surface area contributed by atoms with Crippen LogP contribution in [0, 0.1) is 0 Å². The van der Waals surface area contributed by atoms with Gasteiger partial charge in [-0.2, -0.15) is 0 Å². The molecule has 2 aromatic carbocycles. The fourth-order valence-corrected chi connectivity index (χ4v) is 3.55. The minimum absolute atomic E-state index is 0.545. The first kappa shape index (κ1) is 15.0. The first-order valence-corrected chi connectivity index (χ1v) is 8.47. The molecular weight excluding hydrogens is 296 g/mol. The molecule has 3 nitrogen and oxygen atoms in total. The van der Waals surface area contributed by atoms with E-state index in [1.807, 2.05) is 12.1 Å². The maximum absolute atomic E-state index is 5.79. The Morgan fingerprint density at radius 3 is 2.88 bits per heavy atom. The molecule has 24 heavy (non-hydrogen) atoms. The Kier molecular flexibility index (Phi) is 4.09. The van der Waals surface area contributed by atoms with E-state index in [1.54, 1.807) is 6.08 Å². The Hall–Kier alpha value is -2.52. The van der Waals surface area contributed by atoms with E-state index in [0.717, 1.165) is 31.8 Å². The second-order valence-corrected chi connectivity index (χ2v) is 6.30. The van der Waals surface area contributed by atoms with Gasteiger partial charge in [0.05, 0.1) is 0 Å². The van der Waals surface area contributed by atoms with Crippen LogP contribution in [0.1, 0.15) is 16.8 Å². The highest BCUT2D eigenvalue weighted by Crippen LogP contribution is 2.29. The SMILES string of the molecule is C=CCOc1ccccc1CN1CCc2c([nH]c3ccccc23)C1. The van der Waals surface area contributed by atoms with E-state index in [-0.39, 0.29) is 0 Å². The highest BCUT2D eigenvalue weighted by molar-refractivity contribution is 5.84. The quantitative estimate of drug-likeness (QED) is 0.711. The van der Waals surface area contributed by atoms with Crippen LogP contribution < -0.4 is 4.74 Å². The van der Waals surface area contributed by atoms with Crippen molar-refractivity contribution in [3.05, 3.63) is 78.0 Å². The normalized spacial score (nSPS) is 14.5. The van der Waals surface area contributed by atoms with Crippen LogP contribution in [0.2, 0.25) is 0 Å². The number of nitrogens with zero attached hydrogens (tertiary/aromatic N) is 1. The molecule has 1 aromatic heterocycles. The smallest absolute Gasteiger partial charge is 0.124 e. The molecule has 1 N–H and O–H groups in total. The highest BCUT2D eigenvalue weighted by atomic mass is 16.5. The molecular formula is C21H22N2O. The lowest BCUT2D eigenvalue weighted by molar-refractivity contribution is 0.238. The van der Waals surface area contributed by atoms with Crippen LogP contribution in [-0.2, 0) is 19.5 Å². The fourth-order valence-electron chi connectivity index (χ4n) is 3.55. The Labute approximate surface area is 142 Å². The van der Waals surface area contributed by atoms with Crippen molar-refractivity contribution >= 4 is 10.9 Å². The van der Waals surface area contributed by atoms with Gasteiger partial charge in [0.2, 0.25) is 0 Å². The van der Waals surface area contributed by atoms with E-state index in [1.165, 1.54) is 27.7 Å². The van der Waals surface area contributed by atoms with Crippen molar-refractivity contribution in [2.24, 2.45) is 0 Å². The van der Waals surface area contributed by atoms with Crippen LogP contribution in [0.15, 0.2) is 61.2 Å². The molecule has 0 saturated carbocycles. The lowest BCUT2D eigenvalue weighted by Gasteiger charge is -2.27. The molecule has 4 rings (SSSR count). The van der Waals surface area contributed by atoms with Gasteiger partial charge in [-0.05, 0) is 24.1 Å². The molecule has 3 aromatic rings. The van der Waals surface area contributed by atoms with Crippen molar-refractivity contribution in [1.82, 2.24) is 9.88 Å². The van der Waals surface area contributed by atoms with E-state index in [2.05, 4.69) is 52.9 Å². The molecule has 0 amide bonds. The predicted molar refractivity (Wildman–Crippen MR) is 98.3 cm³/mol. The van der Waals surface area contributed by atoms with Crippen molar-refractivity contribution in [2.45, 2.75) is 19.5 Å². The van der Waals surface area contributed by atoms with Gasteiger partial charge in [0.15, 0.2) is 0 Å². The summed E-state index contributed by atoms with van der Waals surface area (Å²) < 4.78 is 5.79. The van der Waals surface area contributed by atoms with Crippen molar-refractivity contribution in [3.8, 4) is 5.75 Å². The van der Waals surface area contributed by atoms with Crippen LogP contribution in [0.3, 0.4) is 0 Å². The molecule has 0 unspecified atom stereocenters. The maximum atomic E-state index is 5.79. The number of aromatic nitrogens is 1. The molecule has 0 saturated heterocycles. The molecule has 3 heteroatoms. The molecule has 0 fully saturated rings. The summed E-state index contributed by atoms with van der Waals surface area (Å²) >= 11 is 0. The average molecular weight is 318 g/mol. The van der Waals surface area contributed by atoms with E-state index >= 15 is 0 Å². The number of hydrogen-bond acceptors (Lipinski definition) is 2.